The molecule has 1 amide bonds. The highest BCUT2D eigenvalue weighted by Crippen LogP contribution is 2.23. The minimum Gasteiger partial charge on any atom is -0.335 e. The predicted molar refractivity (Wildman–Crippen MR) is 72.7 cm³/mol. The van der Waals surface area contributed by atoms with Crippen LogP contribution in [0.15, 0.2) is 29.2 Å². The van der Waals surface area contributed by atoms with Crippen LogP contribution in [0.1, 0.15) is 23.7 Å². The van der Waals surface area contributed by atoms with Crippen LogP contribution in [0.2, 0.25) is 0 Å². The first-order valence-electron chi connectivity index (χ1n) is 6.13. The number of likely N-dealkylation sites (tertiary alicyclic amines) is 1. The molecule has 104 valence electrons. The molecule has 6 heteroatoms. The van der Waals surface area contributed by atoms with Crippen molar-refractivity contribution in [2.75, 3.05) is 19.3 Å². The number of benzene rings is 1. The summed E-state index contributed by atoms with van der Waals surface area (Å²) in [5.41, 5.74) is 6.25. The number of amides is 1. The van der Waals surface area contributed by atoms with Gasteiger partial charge < -0.3 is 10.6 Å². The lowest BCUT2D eigenvalue weighted by atomic mass is 9.88. The van der Waals surface area contributed by atoms with Crippen molar-refractivity contribution in [2.24, 2.45) is 5.73 Å². The van der Waals surface area contributed by atoms with Gasteiger partial charge in [-0.1, -0.05) is 6.92 Å². The topological polar surface area (TPSA) is 80.5 Å². The average molecular weight is 282 g/mol. The Hall–Kier alpha value is -1.40. The highest BCUT2D eigenvalue weighted by Gasteiger charge is 2.40. The summed E-state index contributed by atoms with van der Waals surface area (Å²) >= 11 is 0. The molecule has 0 aliphatic carbocycles. The second-order valence-electron chi connectivity index (χ2n) is 5.17. The minimum absolute atomic E-state index is 0.102. The first-order valence-corrected chi connectivity index (χ1v) is 8.03. The average Bonchev–Trinajstić information content (AvgIpc) is 2.33. The number of hydrogen-bond acceptors (Lipinski definition) is 4. The van der Waals surface area contributed by atoms with E-state index in [0.717, 1.165) is 12.7 Å². The first kappa shape index (κ1) is 14.0. The zero-order chi connectivity index (χ0) is 14.3. The van der Waals surface area contributed by atoms with Gasteiger partial charge in [-0.05, 0) is 30.7 Å². The molecular formula is C13H18N2O3S. The van der Waals surface area contributed by atoms with E-state index in [1.165, 1.54) is 12.1 Å². The smallest absolute Gasteiger partial charge is 0.253 e. The molecule has 0 aromatic heterocycles. The predicted octanol–water partition coefficient (Wildman–Crippen LogP) is 0.653. The number of carbonyl (C=O) groups excluding carboxylic acids is 1. The van der Waals surface area contributed by atoms with Gasteiger partial charge in [0.1, 0.15) is 0 Å². The number of nitrogens with two attached hydrogens (primary N) is 1. The van der Waals surface area contributed by atoms with Crippen LogP contribution in [0.4, 0.5) is 0 Å². The van der Waals surface area contributed by atoms with Crippen molar-refractivity contribution in [3.63, 3.8) is 0 Å². The monoisotopic (exact) mass is 282 g/mol. The third-order valence-corrected chi connectivity index (χ3v) is 4.66. The number of sulfone groups is 1. The maximum atomic E-state index is 12.1. The minimum atomic E-state index is -3.22. The van der Waals surface area contributed by atoms with Crippen molar-refractivity contribution < 1.29 is 13.2 Å². The SMILES string of the molecule is CCC1(N)CN(C(=O)c2ccc(S(C)(=O)=O)cc2)C1. The molecule has 1 saturated heterocycles. The number of rotatable bonds is 3. The molecule has 0 radical (unpaired) electrons. The maximum Gasteiger partial charge on any atom is 0.253 e. The van der Waals surface area contributed by atoms with E-state index in [1.54, 1.807) is 17.0 Å². The lowest BCUT2D eigenvalue weighted by molar-refractivity contribution is 0.0401. The molecule has 0 atom stereocenters. The zero-order valence-electron chi connectivity index (χ0n) is 11.1. The molecule has 1 fully saturated rings. The van der Waals surface area contributed by atoms with Crippen LogP contribution in [0.25, 0.3) is 0 Å². The molecule has 1 aliphatic heterocycles. The summed E-state index contributed by atoms with van der Waals surface area (Å²) in [7, 11) is -3.22. The molecule has 1 aliphatic rings. The van der Waals surface area contributed by atoms with E-state index < -0.39 is 9.84 Å². The van der Waals surface area contributed by atoms with Gasteiger partial charge in [-0.15, -0.1) is 0 Å². The van der Waals surface area contributed by atoms with Gasteiger partial charge in [0.25, 0.3) is 5.91 Å². The van der Waals surface area contributed by atoms with Crippen molar-refractivity contribution in [1.82, 2.24) is 4.90 Å². The Morgan fingerprint density at radius 3 is 2.26 bits per heavy atom. The van der Waals surface area contributed by atoms with E-state index in [9.17, 15) is 13.2 Å². The van der Waals surface area contributed by atoms with Crippen LogP contribution >= 0.6 is 0 Å². The van der Waals surface area contributed by atoms with Crippen molar-refractivity contribution in [1.29, 1.82) is 0 Å². The Labute approximate surface area is 113 Å². The van der Waals surface area contributed by atoms with Gasteiger partial charge in [0, 0.05) is 24.9 Å². The Balaban J connectivity index is 2.10. The van der Waals surface area contributed by atoms with Gasteiger partial charge >= 0.3 is 0 Å². The highest BCUT2D eigenvalue weighted by molar-refractivity contribution is 7.90. The summed E-state index contributed by atoms with van der Waals surface area (Å²) in [5.74, 6) is -0.102. The van der Waals surface area contributed by atoms with Crippen LogP contribution in [0, 0.1) is 0 Å². The summed E-state index contributed by atoms with van der Waals surface area (Å²) in [5, 5.41) is 0. The Morgan fingerprint density at radius 2 is 1.84 bits per heavy atom. The van der Waals surface area contributed by atoms with Crippen LogP contribution in [0.5, 0.6) is 0 Å². The lowest BCUT2D eigenvalue weighted by Gasteiger charge is -2.47. The molecule has 5 nitrogen and oxygen atoms in total. The van der Waals surface area contributed by atoms with E-state index >= 15 is 0 Å². The summed E-state index contributed by atoms with van der Waals surface area (Å²) in [6.07, 6.45) is 1.98. The molecule has 19 heavy (non-hydrogen) atoms. The molecule has 0 spiro atoms. The fraction of sp³-hybridized carbons (Fsp3) is 0.462. The van der Waals surface area contributed by atoms with Gasteiger partial charge in [0.2, 0.25) is 0 Å². The molecule has 1 aromatic carbocycles. The van der Waals surface area contributed by atoms with Gasteiger partial charge in [-0.25, -0.2) is 8.42 Å². The molecular weight excluding hydrogens is 264 g/mol. The fourth-order valence-electron chi connectivity index (χ4n) is 2.11. The zero-order valence-corrected chi connectivity index (χ0v) is 11.9. The number of hydrogen-bond donors (Lipinski definition) is 1. The van der Waals surface area contributed by atoms with Crippen molar-refractivity contribution >= 4 is 15.7 Å². The highest BCUT2D eigenvalue weighted by atomic mass is 32.2. The van der Waals surface area contributed by atoms with Crippen LogP contribution < -0.4 is 5.73 Å². The largest absolute Gasteiger partial charge is 0.335 e. The lowest BCUT2D eigenvalue weighted by Crippen LogP contribution is -2.68. The van der Waals surface area contributed by atoms with Gasteiger partial charge in [0.15, 0.2) is 9.84 Å². The molecule has 1 heterocycles. The van der Waals surface area contributed by atoms with Gasteiger partial charge in [-0.3, -0.25) is 4.79 Å². The third-order valence-electron chi connectivity index (χ3n) is 3.53. The van der Waals surface area contributed by atoms with Gasteiger partial charge in [0.05, 0.1) is 10.4 Å². The van der Waals surface area contributed by atoms with Crippen molar-refractivity contribution in [3.05, 3.63) is 29.8 Å². The van der Waals surface area contributed by atoms with Crippen LogP contribution in [-0.2, 0) is 9.84 Å². The van der Waals surface area contributed by atoms with E-state index in [0.29, 0.717) is 18.7 Å². The standard InChI is InChI=1S/C13H18N2O3S/c1-3-13(14)8-15(9-13)12(16)10-4-6-11(7-5-10)19(2,17)18/h4-7H,3,8-9,14H2,1-2H3. The molecule has 2 N–H and O–H groups in total. The summed E-state index contributed by atoms with van der Waals surface area (Å²) in [6, 6.07) is 6.00. The van der Waals surface area contributed by atoms with E-state index in [1.807, 2.05) is 6.92 Å². The Bertz CT molecular complexity index is 587. The van der Waals surface area contributed by atoms with Crippen LogP contribution in [-0.4, -0.2) is 44.1 Å². The Morgan fingerprint density at radius 1 is 1.32 bits per heavy atom. The van der Waals surface area contributed by atoms with Crippen LogP contribution in [0.3, 0.4) is 0 Å². The van der Waals surface area contributed by atoms with Crippen molar-refractivity contribution in [2.45, 2.75) is 23.8 Å². The second kappa shape index (κ2) is 4.61. The van der Waals surface area contributed by atoms with E-state index in [-0.39, 0.29) is 16.3 Å². The van der Waals surface area contributed by atoms with Gasteiger partial charge in [-0.2, -0.15) is 0 Å². The number of nitrogens with zero attached hydrogens (tertiary/aromatic N) is 1. The fourth-order valence-corrected chi connectivity index (χ4v) is 2.74. The molecule has 2 rings (SSSR count). The quantitative estimate of drug-likeness (QED) is 0.883. The third kappa shape index (κ3) is 2.79. The number of carbonyl (C=O) groups is 1. The normalized spacial score (nSPS) is 17.9. The summed E-state index contributed by atoms with van der Waals surface area (Å²) < 4.78 is 22.7. The summed E-state index contributed by atoms with van der Waals surface area (Å²) in [6.45, 7) is 3.11. The molecule has 1 aromatic rings. The Kier molecular flexibility index (Phi) is 3.40. The molecule has 0 saturated carbocycles. The van der Waals surface area contributed by atoms with E-state index in [2.05, 4.69) is 0 Å². The maximum absolute atomic E-state index is 12.1. The summed E-state index contributed by atoms with van der Waals surface area (Å²) in [4.78, 5) is 14.0. The first-order chi connectivity index (χ1) is 8.75. The second-order valence-corrected chi connectivity index (χ2v) is 7.19. The molecule has 0 bridgehead atoms. The molecule has 0 unspecified atom stereocenters. The van der Waals surface area contributed by atoms with E-state index in [4.69, 9.17) is 5.73 Å². The van der Waals surface area contributed by atoms with Crippen molar-refractivity contribution in [3.8, 4) is 0 Å².